The first-order valence-electron chi connectivity index (χ1n) is 8.15. The molecule has 1 aliphatic carbocycles. The number of halogens is 2. The van der Waals surface area contributed by atoms with Crippen LogP contribution in [-0.4, -0.2) is 13.1 Å². The van der Waals surface area contributed by atoms with E-state index in [-0.39, 0.29) is 5.82 Å². The molecule has 0 aromatic heterocycles. The van der Waals surface area contributed by atoms with E-state index in [0.717, 1.165) is 29.5 Å². The molecular formula is C18H27BrFN. The Morgan fingerprint density at radius 2 is 1.90 bits per heavy atom. The van der Waals surface area contributed by atoms with E-state index in [4.69, 9.17) is 0 Å². The second kappa shape index (κ2) is 7.73. The maximum atomic E-state index is 13.6. The molecule has 0 amide bonds. The quantitative estimate of drug-likeness (QED) is 0.727. The van der Waals surface area contributed by atoms with Crippen LogP contribution in [0.2, 0.25) is 0 Å². The van der Waals surface area contributed by atoms with Crippen molar-refractivity contribution in [3.63, 3.8) is 0 Å². The van der Waals surface area contributed by atoms with Gasteiger partial charge in [0.05, 0.1) is 0 Å². The summed E-state index contributed by atoms with van der Waals surface area (Å²) in [6.07, 6.45) is 7.45. The van der Waals surface area contributed by atoms with Crippen molar-refractivity contribution in [2.75, 3.05) is 13.1 Å². The molecule has 0 bridgehead atoms. The molecule has 1 nitrogen and oxygen atoms in total. The molecule has 118 valence electrons. The molecule has 1 N–H and O–H groups in total. The molecule has 21 heavy (non-hydrogen) atoms. The third-order valence-corrected chi connectivity index (χ3v) is 4.93. The SMILES string of the molecule is CC(C)CNCC1(Cc2cc(F)cc(Br)c2)CCCCC1. The van der Waals surface area contributed by atoms with Gasteiger partial charge in [-0.3, -0.25) is 0 Å². The molecule has 0 aliphatic heterocycles. The summed E-state index contributed by atoms with van der Waals surface area (Å²) in [5, 5.41) is 3.64. The van der Waals surface area contributed by atoms with Crippen LogP contribution in [0, 0.1) is 17.2 Å². The van der Waals surface area contributed by atoms with Gasteiger partial charge in [0.2, 0.25) is 0 Å². The highest BCUT2D eigenvalue weighted by Gasteiger charge is 2.32. The lowest BCUT2D eigenvalue weighted by molar-refractivity contribution is 0.179. The molecule has 0 heterocycles. The van der Waals surface area contributed by atoms with Gasteiger partial charge in [0.25, 0.3) is 0 Å². The monoisotopic (exact) mass is 355 g/mol. The lowest BCUT2D eigenvalue weighted by Gasteiger charge is -2.38. The third kappa shape index (κ3) is 5.37. The minimum absolute atomic E-state index is 0.138. The molecule has 1 aromatic rings. The zero-order chi connectivity index (χ0) is 15.3. The fourth-order valence-corrected chi connectivity index (χ4v) is 4.00. The van der Waals surface area contributed by atoms with Gasteiger partial charge >= 0.3 is 0 Å². The minimum Gasteiger partial charge on any atom is -0.316 e. The Morgan fingerprint density at radius 3 is 2.52 bits per heavy atom. The molecule has 1 aliphatic rings. The normalized spacial score (nSPS) is 18.1. The Balaban J connectivity index is 2.07. The maximum absolute atomic E-state index is 13.6. The number of hydrogen-bond acceptors (Lipinski definition) is 1. The van der Waals surface area contributed by atoms with Gasteiger partial charge in [0.15, 0.2) is 0 Å². The Hall–Kier alpha value is -0.410. The second-order valence-corrected chi connectivity index (χ2v) is 7.96. The third-order valence-electron chi connectivity index (χ3n) is 4.47. The van der Waals surface area contributed by atoms with Gasteiger partial charge in [-0.05, 0) is 60.9 Å². The van der Waals surface area contributed by atoms with Crippen molar-refractivity contribution in [3.8, 4) is 0 Å². The topological polar surface area (TPSA) is 12.0 Å². The number of nitrogens with one attached hydrogen (secondary N) is 1. The largest absolute Gasteiger partial charge is 0.316 e. The van der Waals surface area contributed by atoms with Gasteiger partial charge in [-0.2, -0.15) is 0 Å². The van der Waals surface area contributed by atoms with E-state index < -0.39 is 0 Å². The molecule has 2 rings (SSSR count). The van der Waals surface area contributed by atoms with Crippen molar-refractivity contribution in [2.24, 2.45) is 11.3 Å². The number of rotatable bonds is 6. The standard InChI is InChI=1S/C18H27BrFN/c1-14(2)12-21-13-18(6-4-3-5-7-18)11-15-8-16(19)10-17(20)9-15/h8-10,14,21H,3-7,11-13H2,1-2H3. The summed E-state index contributed by atoms with van der Waals surface area (Å²) in [5.41, 5.74) is 1.43. The van der Waals surface area contributed by atoms with Crippen LogP contribution in [0.3, 0.4) is 0 Å². The summed E-state index contributed by atoms with van der Waals surface area (Å²) in [6, 6.07) is 5.31. The van der Waals surface area contributed by atoms with Gasteiger partial charge in [-0.1, -0.05) is 49.0 Å². The van der Waals surface area contributed by atoms with Gasteiger partial charge < -0.3 is 5.32 Å². The van der Waals surface area contributed by atoms with Gasteiger partial charge in [0, 0.05) is 11.0 Å². The van der Waals surface area contributed by atoms with E-state index in [1.54, 1.807) is 6.07 Å². The van der Waals surface area contributed by atoms with Crippen LogP contribution in [0.1, 0.15) is 51.5 Å². The highest BCUT2D eigenvalue weighted by atomic mass is 79.9. The Kier molecular flexibility index (Phi) is 6.24. The summed E-state index contributed by atoms with van der Waals surface area (Å²) in [5.74, 6) is 0.537. The van der Waals surface area contributed by atoms with E-state index in [1.807, 2.05) is 0 Å². The molecule has 3 heteroatoms. The lowest BCUT2D eigenvalue weighted by atomic mass is 9.70. The number of benzene rings is 1. The van der Waals surface area contributed by atoms with E-state index in [0.29, 0.717) is 11.3 Å². The maximum Gasteiger partial charge on any atom is 0.124 e. The van der Waals surface area contributed by atoms with Crippen molar-refractivity contribution in [1.82, 2.24) is 5.32 Å². The van der Waals surface area contributed by atoms with Crippen LogP contribution in [0.5, 0.6) is 0 Å². The number of hydrogen-bond donors (Lipinski definition) is 1. The molecule has 1 aromatic carbocycles. The summed E-state index contributed by atoms with van der Waals surface area (Å²) in [7, 11) is 0. The average molecular weight is 356 g/mol. The fourth-order valence-electron chi connectivity index (χ4n) is 3.49. The average Bonchev–Trinajstić information content (AvgIpc) is 2.37. The van der Waals surface area contributed by atoms with Crippen molar-refractivity contribution in [1.29, 1.82) is 0 Å². The Labute approximate surface area is 136 Å². The van der Waals surface area contributed by atoms with Crippen LogP contribution in [0.4, 0.5) is 4.39 Å². The first-order valence-corrected chi connectivity index (χ1v) is 8.94. The first kappa shape index (κ1) is 17.0. The Bertz CT molecular complexity index is 432. The predicted molar refractivity (Wildman–Crippen MR) is 91.0 cm³/mol. The minimum atomic E-state index is -0.138. The Morgan fingerprint density at radius 1 is 1.19 bits per heavy atom. The molecule has 0 radical (unpaired) electrons. The van der Waals surface area contributed by atoms with Gasteiger partial charge in [-0.15, -0.1) is 0 Å². The van der Waals surface area contributed by atoms with E-state index >= 15 is 0 Å². The van der Waals surface area contributed by atoms with Crippen molar-refractivity contribution in [2.45, 2.75) is 52.4 Å². The van der Waals surface area contributed by atoms with Crippen molar-refractivity contribution >= 4 is 15.9 Å². The zero-order valence-electron chi connectivity index (χ0n) is 13.2. The van der Waals surface area contributed by atoms with E-state index in [9.17, 15) is 4.39 Å². The van der Waals surface area contributed by atoms with Crippen LogP contribution < -0.4 is 5.32 Å². The highest BCUT2D eigenvalue weighted by Crippen LogP contribution is 2.39. The van der Waals surface area contributed by atoms with Crippen LogP contribution in [0.15, 0.2) is 22.7 Å². The lowest BCUT2D eigenvalue weighted by Crippen LogP contribution is -2.39. The van der Waals surface area contributed by atoms with Crippen LogP contribution >= 0.6 is 15.9 Å². The molecule has 0 saturated heterocycles. The highest BCUT2D eigenvalue weighted by molar-refractivity contribution is 9.10. The van der Waals surface area contributed by atoms with E-state index in [2.05, 4.69) is 41.2 Å². The second-order valence-electron chi connectivity index (χ2n) is 7.04. The molecule has 0 unspecified atom stereocenters. The molecule has 0 spiro atoms. The first-order chi connectivity index (χ1) is 9.99. The summed E-state index contributed by atoms with van der Waals surface area (Å²) < 4.78 is 14.5. The molecular weight excluding hydrogens is 329 g/mol. The van der Waals surface area contributed by atoms with E-state index in [1.165, 1.54) is 38.2 Å². The predicted octanol–water partition coefficient (Wildman–Crippen LogP) is 5.33. The molecule has 0 atom stereocenters. The van der Waals surface area contributed by atoms with Crippen LogP contribution in [0.25, 0.3) is 0 Å². The molecule has 1 saturated carbocycles. The smallest absolute Gasteiger partial charge is 0.124 e. The summed E-state index contributed by atoms with van der Waals surface area (Å²) in [4.78, 5) is 0. The fraction of sp³-hybridized carbons (Fsp3) is 0.667. The summed E-state index contributed by atoms with van der Waals surface area (Å²) in [6.45, 7) is 6.60. The van der Waals surface area contributed by atoms with Crippen molar-refractivity contribution in [3.05, 3.63) is 34.1 Å². The zero-order valence-corrected chi connectivity index (χ0v) is 14.8. The molecule has 1 fully saturated rings. The van der Waals surface area contributed by atoms with Gasteiger partial charge in [0.1, 0.15) is 5.82 Å². The van der Waals surface area contributed by atoms with Gasteiger partial charge in [-0.25, -0.2) is 4.39 Å². The van der Waals surface area contributed by atoms with Crippen LogP contribution in [-0.2, 0) is 6.42 Å². The van der Waals surface area contributed by atoms with Crippen molar-refractivity contribution < 1.29 is 4.39 Å². The summed E-state index contributed by atoms with van der Waals surface area (Å²) >= 11 is 3.41.